The van der Waals surface area contributed by atoms with E-state index in [1.54, 1.807) is 0 Å². The van der Waals surface area contributed by atoms with Crippen LogP contribution < -0.4 is 21.9 Å². The maximum Gasteiger partial charge on any atom is 0.332 e. The summed E-state index contributed by atoms with van der Waals surface area (Å²) in [6, 6.07) is 7.80. The van der Waals surface area contributed by atoms with E-state index in [1.165, 1.54) is 18.7 Å². The van der Waals surface area contributed by atoms with E-state index in [4.69, 9.17) is 5.73 Å². The van der Waals surface area contributed by atoms with Crippen molar-refractivity contribution >= 4 is 22.7 Å². The normalized spacial score (nSPS) is 11.1. The molecule has 0 atom stereocenters. The molecule has 0 spiro atoms. The van der Waals surface area contributed by atoms with Crippen LogP contribution in [0.5, 0.6) is 0 Å². The highest BCUT2D eigenvalue weighted by molar-refractivity contribution is 5.80. The van der Waals surface area contributed by atoms with Gasteiger partial charge in [-0.25, -0.2) is 14.8 Å². The van der Waals surface area contributed by atoms with E-state index in [-0.39, 0.29) is 17.0 Å². The summed E-state index contributed by atoms with van der Waals surface area (Å²) in [5.74, 6) is 0.177. The molecule has 0 aliphatic heterocycles. The molecule has 0 saturated carbocycles. The van der Waals surface area contributed by atoms with Gasteiger partial charge in [0.1, 0.15) is 5.69 Å². The fraction of sp³-hybridized carbons (Fsp3) is 0.333. The molecule has 0 aliphatic carbocycles. The number of nitrogen functional groups attached to an aromatic ring is 1. The lowest BCUT2D eigenvalue weighted by atomic mass is 10.1. The zero-order valence-corrected chi connectivity index (χ0v) is 15.4. The van der Waals surface area contributed by atoms with Crippen LogP contribution in [0.15, 0.2) is 33.9 Å². The van der Waals surface area contributed by atoms with Crippen LogP contribution >= 0.6 is 0 Å². The fourth-order valence-corrected chi connectivity index (χ4v) is 3.01. The first-order valence-electron chi connectivity index (χ1n) is 8.47. The number of hydrogen-bond acceptors (Lipinski definition) is 6. The van der Waals surface area contributed by atoms with Gasteiger partial charge in [-0.1, -0.05) is 12.1 Å². The van der Waals surface area contributed by atoms with Gasteiger partial charge in [0.25, 0.3) is 5.56 Å². The highest BCUT2D eigenvalue weighted by Crippen LogP contribution is 2.26. The van der Waals surface area contributed by atoms with Gasteiger partial charge in [0, 0.05) is 38.4 Å². The third-order valence-corrected chi connectivity index (χ3v) is 4.57. The Labute approximate surface area is 150 Å². The Morgan fingerprint density at radius 1 is 1.00 bits per heavy atom. The lowest BCUT2D eigenvalue weighted by Crippen LogP contribution is -2.37. The van der Waals surface area contributed by atoms with E-state index in [9.17, 15) is 9.59 Å². The third-order valence-electron chi connectivity index (χ3n) is 4.57. The van der Waals surface area contributed by atoms with Gasteiger partial charge in [-0.3, -0.25) is 13.9 Å². The monoisotopic (exact) mass is 354 g/mol. The molecule has 2 heterocycles. The van der Waals surface area contributed by atoms with Gasteiger partial charge in [0.15, 0.2) is 17.0 Å². The predicted molar refractivity (Wildman–Crippen MR) is 103 cm³/mol. The van der Waals surface area contributed by atoms with Crippen molar-refractivity contribution in [3.8, 4) is 11.3 Å². The topological polar surface area (TPSA) is 99.0 Å². The molecule has 0 amide bonds. The number of fused-ring (bicyclic) bond motifs is 1. The molecule has 0 radical (unpaired) electrons. The van der Waals surface area contributed by atoms with Gasteiger partial charge in [0.2, 0.25) is 0 Å². The SMILES string of the molecule is CCN(CC)c1ccc(-c2nc3c(=O)n(C)c(=O)n(C)c3nc2N)cc1. The van der Waals surface area contributed by atoms with E-state index in [1.807, 2.05) is 24.3 Å². The first-order valence-corrected chi connectivity index (χ1v) is 8.47. The van der Waals surface area contributed by atoms with Crippen LogP contribution in [0.25, 0.3) is 22.4 Å². The van der Waals surface area contributed by atoms with Crippen molar-refractivity contribution in [3.63, 3.8) is 0 Å². The van der Waals surface area contributed by atoms with Crippen molar-refractivity contribution in [3.05, 3.63) is 45.1 Å². The Kier molecular flexibility index (Phi) is 4.50. The van der Waals surface area contributed by atoms with Crippen molar-refractivity contribution in [1.82, 2.24) is 19.1 Å². The van der Waals surface area contributed by atoms with Crippen LogP contribution in [0.2, 0.25) is 0 Å². The molecular formula is C18H22N6O2. The van der Waals surface area contributed by atoms with Crippen LogP contribution in [0, 0.1) is 0 Å². The van der Waals surface area contributed by atoms with E-state index in [0.717, 1.165) is 28.9 Å². The number of aryl methyl sites for hydroxylation is 1. The molecule has 0 bridgehead atoms. The molecule has 136 valence electrons. The Morgan fingerprint density at radius 3 is 2.19 bits per heavy atom. The molecule has 3 aromatic rings. The summed E-state index contributed by atoms with van der Waals surface area (Å²) in [6.45, 7) is 6.03. The first kappa shape index (κ1) is 17.7. The Morgan fingerprint density at radius 2 is 1.62 bits per heavy atom. The van der Waals surface area contributed by atoms with Gasteiger partial charge < -0.3 is 10.6 Å². The smallest absolute Gasteiger partial charge is 0.332 e. The minimum absolute atomic E-state index is 0.117. The van der Waals surface area contributed by atoms with Gasteiger partial charge in [-0.2, -0.15) is 0 Å². The summed E-state index contributed by atoms with van der Waals surface area (Å²) in [5, 5.41) is 0. The van der Waals surface area contributed by atoms with Crippen LogP contribution in [-0.2, 0) is 14.1 Å². The molecular weight excluding hydrogens is 332 g/mol. The lowest BCUT2D eigenvalue weighted by molar-refractivity contribution is 0.705. The van der Waals surface area contributed by atoms with E-state index >= 15 is 0 Å². The Hall–Kier alpha value is -3.16. The zero-order valence-electron chi connectivity index (χ0n) is 15.4. The summed E-state index contributed by atoms with van der Waals surface area (Å²) in [6.07, 6.45) is 0. The maximum absolute atomic E-state index is 12.4. The highest BCUT2D eigenvalue weighted by Gasteiger charge is 2.16. The largest absolute Gasteiger partial charge is 0.382 e. The van der Waals surface area contributed by atoms with Crippen LogP contribution in [-0.4, -0.2) is 32.2 Å². The summed E-state index contributed by atoms with van der Waals surface area (Å²) in [7, 11) is 2.96. The molecule has 8 nitrogen and oxygen atoms in total. The molecule has 1 aromatic carbocycles. The van der Waals surface area contributed by atoms with Gasteiger partial charge in [-0.05, 0) is 26.0 Å². The van der Waals surface area contributed by atoms with Crippen molar-refractivity contribution in [2.45, 2.75) is 13.8 Å². The molecule has 0 unspecified atom stereocenters. The Bertz CT molecular complexity index is 1080. The van der Waals surface area contributed by atoms with Gasteiger partial charge in [-0.15, -0.1) is 0 Å². The lowest BCUT2D eigenvalue weighted by Gasteiger charge is -2.21. The average Bonchev–Trinajstić information content (AvgIpc) is 2.66. The van der Waals surface area contributed by atoms with Crippen LogP contribution in [0.1, 0.15) is 13.8 Å². The summed E-state index contributed by atoms with van der Waals surface area (Å²) in [5.41, 5.74) is 7.71. The standard InChI is InChI=1S/C18H22N6O2/c1-5-24(6-2)12-9-7-11(8-10-12)13-15(19)21-16-14(20-13)17(25)23(4)18(26)22(16)3/h7-10H,5-6H2,1-4H3,(H2,19,21). The van der Waals surface area contributed by atoms with Crippen molar-refractivity contribution in [2.75, 3.05) is 23.7 Å². The second kappa shape index (κ2) is 6.62. The molecule has 2 N–H and O–H groups in total. The van der Waals surface area contributed by atoms with Crippen LogP contribution in [0.3, 0.4) is 0 Å². The fourth-order valence-electron chi connectivity index (χ4n) is 3.01. The second-order valence-electron chi connectivity index (χ2n) is 6.05. The second-order valence-corrected chi connectivity index (χ2v) is 6.05. The van der Waals surface area contributed by atoms with Crippen LogP contribution in [0.4, 0.5) is 11.5 Å². The van der Waals surface area contributed by atoms with E-state index in [2.05, 4.69) is 28.7 Å². The summed E-state index contributed by atoms with van der Waals surface area (Å²) in [4.78, 5) is 35.4. The quantitative estimate of drug-likeness (QED) is 0.754. The van der Waals surface area contributed by atoms with Crippen molar-refractivity contribution in [1.29, 1.82) is 0 Å². The van der Waals surface area contributed by atoms with E-state index in [0.29, 0.717) is 5.69 Å². The minimum atomic E-state index is -0.489. The number of aromatic nitrogens is 4. The average molecular weight is 354 g/mol. The number of hydrogen-bond donors (Lipinski definition) is 1. The van der Waals surface area contributed by atoms with Crippen molar-refractivity contribution in [2.24, 2.45) is 14.1 Å². The first-order chi connectivity index (χ1) is 12.4. The molecule has 0 aliphatic rings. The highest BCUT2D eigenvalue weighted by atomic mass is 16.2. The predicted octanol–water partition coefficient (Wildman–Crippen LogP) is 1.12. The number of nitrogens with zero attached hydrogens (tertiary/aromatic N) is 5. The number of anilines is 2. The minimum Gasteiger partial charge on any atom is -0.382 e. The van der Waals surface area contributed by atoms with Gasteiger partial charge >= 0.3 is 5.69 Å². The maximum atomic E-state index is 12.4. The molecule has 0 fully saturated rings. The number of nitrogens with two attached hydrogens (primary N) is 1. The number of rotatable bonds is 4. The molecule has 26 heavy (non-hydrogen) atoms. The molecule has 2 aromatic heterocycles. The van der Waals surface area contributed by atoms with Gasteiger partial charge in [0.05, 0.1) is 0 Å². The van der Waals surface area contributed by atoms with Crippen molar-refractivity contribution < 1.29 is 0 Å². The molecule has 8 heteroatoms. The third kappa shape index (κ3) is 2.73. The molecule has 3 rings (SSSR count). The summed E-state index contributed by atoms with van der Waals surface area (Å²) >= 11 is 0. The molecule has 0 saturated heterocycles. The summed E-state index contributed by atoms with van der Waals surface area (Å²) < 4.78 is 2.29. The van der Waals surface area contributed by atoms with E-state index < -0.39 is 11.2 Å². The Balaban J connectivity index is 2.19. The number of benzene rings is 1. The zero-order chi connectivity index (χ0) is 19.0.